The number of quaternary nitrogens is 1. The molecule has 1 saturated heterocycles. The third kappa shape index (κ3) is 2.40. The molecule has 1 aliphatic heterocycles. The highest BCUT2D eigenvalue weighted by molar-refractivity contribution is 5.19. The van der Waals surface area contributed by atoms with Gasteiger partial charge in [0.15, 0.2) is 0 Å². The molecule has 0 atom stereocenters. The summed E-state index contributed by atoms with van der Waals surface area (Å²) in [6.45, 7) is 10.1. The van der Waals surface area contributed by atoms with Gasteiger partial charge in [0.1, 0.15) is 12.3 Å². The van der Waals surface area contributed by atoms with Gasteiger partial charge in [-0.05, 0) is 32.6 Å². The Hall–Kier alpha value is -0.830. The molecule has 0 bridgehead atoms. The van der Waals surface area contributed by atoms with Crippen LogP contribution in [0, 0.1) is 19.8 Å². The molecular formula is C12H21N2O+. The quantitative estimate of drug-likeness (QED) is 0.791. The van der Waals surface area contributed by atoms with Crippen LogP contribution in [-0.4, -0.2) is 18.2 Å². The minimum atomic E-state index is 0.915. The molecule has 0 aromatic carbocycles. The Balaban J connectivity index is 1.97. The maximum Gasteiger partial charge on any atom is 0.142 e. The zero-order chi connectivity index (χ0) is 10.8. The van der Waals surface area contributed by atoms with Gasteiger partial charge in [-0.25, -0.2) is 0 Å². The van der Waals surface area contributed by atoms with Gasteiger partial charge in [-0.15, -0.1) is 0 Å². The van der Waals surface area contributed by atoms with Crippen LogP contribution in [0.2, 0.25) is 0 Å². The van der Waals surface area contributed by atoms with Crippen molar-refractivity contribution in [3.63, 3.8) is 0 Å². The van der Waals surface area contributed by atoms with Gasteiger partial charge in [-0.1, -0.05) is 12.1 Å². The SMILES string of the molecule is Cc1noc(C)c1C[NH+]1CCC(C)CC1. The van der Waals surface area contributed by atoms with E-state index < -0.39 is 0 Å². The lowest BCUT2D eigenvalue weighted by atomic mass is 9.99. The molecule has 1 aliphatic rings. The van der Waals surface area contributed by atoms with Crippen molar-refractivity contribution >= 4 is 0 Å². The monoisotopic (exact) mass is 209 g/mol. The summed E-state index contributed by atoms with van der Waals surface area (Å²) in [6, 6.07) is 0. The van der Waals surface area contributed by atoms with Crippen molar-refractivity contribution in [1.82, 2.24) is 5.16 Å². The summed E-state index contributed by atoms with van der Waals surface area (Å²) in [7, 11) is 0. The molecule has 84 valence electrons. The number of hydrogen-bond acceptors (Lipinski definition) is 2. The van der Waals surface area contributed by atoms with Crippen LogP contribution in [0.4, 0.5) is 0 Å². The van der Waals surface area contributed by atoms with Crippen LogP contribution in [0.15, 0.2) is 4.52 Å². The molecule has 1 aromatic heterocycles. The minimum absolute atomic E-state index is 0.915. The maximum absolute atomic E-state index is 5.19. The fourth-order valence-electron chi connectivity index (χ4n) is 2.35. The van der Waals surface area contributed by atoms with E-state index in [9.17, 15) is 0 Å². The summed E-state index contributed by atoms with van der Waals surface area (Å²) in [5, 5.41) is 4.01. The molecule has 0 amide bonds. The van der Waals surface area contributed by atoms with Crippen LogP contribution in [0.25, 0.3) is 0 Å². The van der Waals surface area contributed by atoms with E-state index in [0.717, 1.165) is 23.9 Å². The van der Waals surface area contributed by atoms with Gasteiger partial charge in [-0.2, -0.15) is 0 Å². The average Bonchev–Trinajstić information content (AvgIpc) is 2.53. The molecule has 1 N–H and O–H groups in total. The summed E-state index contributed by atoms with van der Waals surface area (Å²) < 4.78 is 5.19. The highest BCUT2D eigenvalue weighted by atomic mass is 16.5. The van der Waals surface area contributed by atoms with Crippen molar-refractivity contribution in [2.24, 2.45) is 5.92 Å². The number of hydrogen-bond donors (Lipinski definition) is 1. The largest absolute Gasteiger partial charge is 0.361 e. The molecule has 15 heavy (non-hydrogen) atoms. The summed E-state index contributed by atoms with van der Waals surface area (Å²) in [6.07, 6.45) is 2.72. The Labute approximate surface area is 91.4 Å². The second-order valence-electron chi connectivity index (χ2n) is 4.91. The van der Waals surface area contributed by atoms with Gasteiger partial charge in [0.25, 0.3) is 0 Å². The molecule has 3 heteroatoms. The van der Waals surface area contributed by atoms with Gasteiger partial charge in [0.05, 0.1) is 24.3 Å². The molecule has 0 radical (unpaired) electrons. The molecular weight excluding hydrogens is 188 g/mol. The molecule has 1 fully saturated rings. The van der Waals surface area contributed by atoms with E-state index >= 15 is 0 Å². The topological polar surface area (TPSA) is 30.5 Å². The first-order valence-corrected chi connectivity index (χ1v) is 5.92. The summed E-state index contributed by atoms with van der Waals surface area (Å²) >= 11 is 0. The Morgan fingerprint density at radius 2 is 2.00 bits per heavy atom. The first-order chi connectivity index (χ1) is 7.16. The van der Waals surface area contributed by atoms with Crippen LogP contribution in [0.1, 0.15) is 36.8 Å². The first-order valence-electron chi connectivity index (χ1n) is 5.92. The van der Waals surface area contributed by atoms with E-state index in [-0.39, 0.29) is 0 Å². The Morgan fingerprint density at radius 3 is 2.53 bits per heavy atom. The van der Waals surface area contributed by atoms with Crippen LogP contribution < -0.4 is 4.90 Å². The first kappa shape index (κ1) is 10.7. The van der Waals surface area contributed by atoms with E-state index in [4.69, 9.17) is 4.52 Å². The highest BCUT2D eigenvalue weighted by Crippen LogP contribution is 2.12. The van der Waals surface area contributed by atoms with Crippen molar-refractivity contribution in [1.29, 1.82) is 0 Å². The third-order valence-electron chi connectivity index (χ3n) is 3.59. The predicted octanol–water partition coefficient (Wildman–Crippen LogP) is 1.11. The normalized spacial score (nSPS) is 26.9. The number of nitrogens with one attached hydrogen (secondary N) is 1. The zero-order valence-electron chi connectivity index (χ0n) is 9.97. The number of likely N-dealkylation sites (tertiary alicyclic amines) is 1. The molecule has 2 heterocycles. The van der Waals surface area contributed by atoms with E-state index in [0.29, 0.717) is 0 Å². The Bertz CT molecular complexity index is 305. The Morgan fingerprint density at radius 1 is 1.33 bits per heavy atom. The number of piperidine rings is 1. The number of nitrogens with zero attached hydrogens (tertiary/aromatic N) is 1. The third-order valence-corrected chi connectivity index (χ3v) is 3.59. The van der Waals surface area contributed by atoms with Crippen molar-refractivity contribution in [2.45, 2.75) is 40.2 Å². The molecule has 1 aromatic rings. The average molecular weight is 209 g/mol. The van der Waals surface area contributed by atoms with E-state index in [1.807, 2.05) is 13.8 Å². The highest BCUT2D eigenvalue weighted by Gasteiger charge is 2.21. The van der Waals surface area contributed by atoms with Crippen LogP contribution in [0.3, 0.4) is 0 Å². The number of aromatic nitrogens is 1. The fraction of sp³-hybridized carbons (Fsp3) is 0.750. The van der Waals surface area contributed by atoms with Crippen molar-refractivity contribution in [2.75, 3.05) is 13.1 Å². The van der Waals surface area contributed by atoms with E-state index in [1.54, 1.807) is 4.90 Å². The Kier molecular flexibility index (Phi) is 3.10. The lowest BCUT2D eigenvalue weighted by Gasteiger charge is -2.27. The van der Waals surface area contributed by atoms with Crippen LogP contribution in [0.5, 0.6) is 0 Å². The van der Waals surface area contributed by atoms with Gasteiger partial charge in [0.2, 0.25) is 0 Å². The van der Waals surface area contributed by atoms with Crippen LogP contribution >= 0.6 is 0 Å². The van der Waals surface area contributed by atoms with E-state index in [2.05, 4.69) is 12.1 Å². The standard InChI is InChI=1S/C12H20N2O/c1-9-4-6-14(7-5-9)8-12-10(2)13-15-11(12)3/h9H,4-8H2,1-3H3/p+1. The van der Waals surface area contributed by atoms with Gasteiger partial charge >= 0.3 is 0 Å². The van der Waals surface area contributed by atoms with Gasteiger partial charge < -0.3 is 9.42 Å². The van der Waals surface area contributed by atoms with E-state index in [1.165, 1.54) is 31.5 Å². The molecule has 2 rings (SSSR count). The summed E-state index contributed by atoms with van der Waals surface area (Å²) in [5.74, 6) is 1.91. The lowest BCUT2D eigenvalue weighted by Crippen LogP contribution is -3.11. The van der Waals surface area contributed by atoms with Crippen molar-refractivity contribution in [3.8, 4) is 0 Å². The lowest BCUT2D eigenvalue weighted by molar-refractivity contribution is -0.919. The molecule has 0 aliphatic carbocycles. The predicted molar refractivity (Wildman–Crippen MR) is 58.8 cm³/mol. The fourth-order valence-corrected chi connectivity index (χ4v) is 2.35. The van der Waals surface area contributed by atoms with Crippen LogP contribution in [-0.2, 0) is 6.54 Å². The summed E-state index contributed by atoms with van der Waals surface area (Å²) in [5.41, 5.74) is 2.39. The zero-order valence-corrected chi connectivity index (χ0v) is 9.97. The number of rotatable bonds is 2. The van der Waals surface area contributed by atoms with Crippen molar-refractivity contribution in [3.05, 3.63) is 17.0 Å². The second kappa shape index (κ2) is 4.35. The smallest absolute Gasteiger partial charge is 0.142 e. The maximum atomic E-state index is 5.19. The molecule has 0 spiro atoms. The molecule has 3 nitrogen and oxygen atoms in total. The van der Waals surface area contributed by atoms with Crippen molar-refractivity contribution < 1.29 is 9.42 Å². The van der Waals surface area contributed by atoms with Gasteiger partial charge in [-0.3, -0.25) is 0 Å². The molecule has 0 unspecified atom stereocenters. The summed E-state index contributed by atoms with van der Waals surface area (Å²) in [4.78, 5) is 1.68. The minimum Gasteiger partial charge on any atom is -0.361 e. The second-order valence-corrected chi connectivity index (χ2v) is 4.91. The number of aryl methyl sites for hydroxylation is 2. The molecule has 0 saturated carbocycles. The van der Waals surface area contributed by atoms with Gasteiger partial charge in [0, 0.05) is 0 Å².